The molecule has 6 heteroatoms. The summed E-state index contributed by atoms with van der Waals surface area (Å²) in [6.07, 6.45) is -0.305. The van der Waals surface area contributed by atoms with Crippen LogP contribution in [0.25, 0.3) is 0 Å². The van der Waals surface area contributed by atoms with Crippen molar-refractivity contribution < 1.29 is 19.1 Å². The number of rotatable bonds is 6. The zero-order valence-corrected chi connectivity index (χ0v) is 13.1. The monoisotopic (exact) mass is 326 g/mol. The third-order valence-electron chi connectivity index (χ3n) is 3.54. The van der Waals surface area contributed by atoms with Crippen LogP contribution in [0.2, 0.25) is 0 Å². The van der Waals surface area contributed by atoms with E-state index in [0.29, 0.717) is 31.1 Å². The zero-order valence-electron chi connectivity index (χ0n) is 13.1. The van der Waals surface area contributed by atoms with Gasteiger partial charge in [0, 0.05) is 12.2 Å². The molecule has 0 saturated carbocycles. The molecule has 2 amide bonds. The molecule has 1 aliphatic heterocycles. The molecule has 1 N–H and O–H groups in total. The number of carbonyl (C=O) groups excluding carboxylic acids is 2. The van der Waals surface area contributed by atoms with Gasteiger partial charge >= 0.3 is 6.09 Å². The first kappa shape index (κ1) is 15.9. The van der Waals surface area contributed by atoms with Gasteiger partial charge in [0.05, 0.1) is 6.54 Å². The number of anilines is 1. The molecule has 1 fully saturated rings. The smallest absolute Gasteiger partial charge is 0.410 e. The van der Waals surface area contributed by atoms with Crippen molar-refractivity contribution in [1.29, 1.82) is 0 Å². The van der Waals surface area contributed by atoms with E-state index < -0.39 is 0 Å². The minimum atomic E-state index is -0.305. The van der Waals surface area contributed by atoms with Crippen LogP contribution in [0, 0.1) is 0 Å². The van der Waals surface area contributed by atoms with Crippen molar-refractivity contribution in [2.24, 2.45) is 0 Å². The second-order valence-corrected chi connectivity index (χ2v) is 5.39. The van der Waals surface area contributed by atoms with Crippen LogP contribution in [0.3, 0.4) is 0 Å². The number of amides is 2. The summed E-state index contributed by atoms with van der Waals surface area (Å²) in [7, 11) is 0. The molecule has 1 heterocycles. The van der Waals surface area contributed by atoms with Gasteiger partial charge in [-0.05, 0) is 29.8 Å². The van der Waals surface area contributed by atoms with Crippen molar-refractivity contribution in [3.63, 3.8) is 0 Å². The molecule has 0 spiro atoms. The topological polar surface area (TPSA) is 67.9 Å². The van der Waals surface area contributed by atoms with E-state index in [4.69, 9.17) is 9.47 Å². The summed E-state index contributed by atoms with van der Waals surface area (Å²) in [5.74, 6) is 0.408. The summed E-state index contributed by atoms with van der Waals surface area (Å²) in [6, 6.07) is 16.5. The van der Waals surface area contributed by atoms with E-state index in [9.17, 15) is 9.59 Å². The predicted molar refractivity (Wildman–Crippen MR) is 88.8 cm³/mol. The van der Waals surface area contributed by atoms with Gasteiger partial charge in [-0.3, -0.25) is 4.79 Å². The fraction of sp³-hybridized carbons (Fsp3) is 0.222. The maximum atomic E-state index is 12.0. The third-order valence-corrected chi connectivity index (χ3v) is 3.54. The number of hydrogen-bond donors (Lipinski definition) is 1. The second kappa shape index (κ2) is 7.50. The molecular weight excluding hydrogens is 308 g/mol. The van der Waals surface area contributed by atoms with Gasteiger partial charge < -0.3 is 19.7 Å². The van der Waals surface area contributed by atoms with Crippen LogP contribution in [0.15, 0.2) is 54.6 Å². The van der Waals surface area contributed by atoms with E-state index >= 15 is 0 Å². The van der Waals surface area contributed by atoms with E-state index in [1.807, 2.05) is 36.4 Å². The van der Waals surface area contributed by atoms with Crippen LogP contribution >= 0.6 is 0 Å². The Labute approximate surface area is 140 Å². The highest BCUT2D eigenvalue weighted by atomic mass is 16.6. The van der Waals surface area contributed by atoms with Gasteiger partial charge in [-0.1, -0.05) is 30.3 Å². The first-order chi connectivity index (χ1) is 11.7. The fourth-order valence-electron chi connectivity index (χ4n) is 2.40. The Hall–Kier alpha value is -3.02. The summed E-state index contributed by atoms with van der Waals surface area (Å²) >= 11 is 0. The van der Waals surface area contributed by atoms with Crippen molar-refractivity contribution in [3.05, 3.63) is 60.2 Å². The second-order valence-electron chi connectivity index (χ2n) is 5.39. The highest BCUT2D eigenvalue weighted by Gasteiger charge is 2.21. The van der Waals surface area contributed by atoms with Crippen LogP contribution in [0.1, 0.15) is 5.56 Å². The normalized spacial score (nSPS) is 13.5. The highest BCUT2D eigenvalue weighted by Crippen LogP contribution is 2.15. The number of para-hydroxylation sites is 1. The fourth-order valence-corrected chi connectivity index (χ4v) is 2.40. The molecule has 2 aromatic carbocycles. The molecule has 2 aromatic rings. The Kier molecular flexibility index (Phi) is 4.96. The summed E-state index contributed by atoms with van der Waals surface area (Å²) in [6.45, 7) is 1.40. The first-order valence-corrected chi connectivity index (χ1v) is 7.69. The molecule has 3 rings (SSSR count). The summed E-state index contributed by atoms with van der Waals surface area (Å²) in [4.78, 5) is 25.1. The lowest BCUT2D eigenvalue weighted by Crippen LogP contribution is -2.24. The third kappa shape index (κ3) is 4.25. The molecule has 0 bridgehead atoms. The van der Waals surface area contributed by atoms with Crippen molar-refractivity contribution in [2.75, 3.05) is 25.1 Å². The standard InChI is InChI=1S/C18H18N2O4/c21-17(13-24-16-7-2-1-3-8-16)19-15-6-4-5-14(11-15)12-20-9-10-23-18(20)22/h1-8,11H,9-10,12-13H2,(H,19,21). The molecule has 24 heavy (non-hydrogen) atoms. The molecule has 0 aromatic heterocycles. The Morgan fingerprint density at radius 3 is 2.75 bits per heavy atom. The Morgan fingerprint density at radius 2 is 2.00 bits per heavy atom. The first-order valence-electron chi connectivity index (χ1n) is 7.69. The van der Waals surface area contributed by atoms with E-state index in [-0.39, 0.29) is 18.6 Å². The largest absolute Gasteiger partial charge is 0.484 e. The number of carbonyl (C=O) groups is 2. The van der Waals surface area contributed by atoms with Crippen LogP contribution in [-0.2, 0) is 16.1 Å². The van der Waals surface area contributed by atoms with Crippen LogP contribution in [-0.4, -0.2) is 36.7 Å². The van der Waals surface area contributed by atoms with Crippen molar-refractivity contribution in [1.82, 2.24) is 4.90 Å². The average Bonchev–Trinajstić information content (AvgIpc) is 2.99. The minimum absolute atomic E-state index is 0.0628. The van der Waals surface area contributed by atoms with Crippen molar-refractivity contribution >= 4 is 17.7 Å². The maximum absolute atomic E-state index is 12.0. The molecule has 124 valence electrons. The molecule has 6 nitrogen and oxygen atoms in total. The SMILES string of the molecule is O=C(COc1ccccc1)Nc1cccc(CN2CCOC2=O)c1. The van der Waals surface area contributed by atoms with E-state index in [2.05, 4.69) is 5.32 Å². The number of nitrogens with zero attached hydrogens (tertiary/aromatic N) is 1. The minimum Gasteiger partial charge on any atom is -0.484 e. The number of ether oxygens (including phenoxy) is 2. The number of nitrogens with one attached hydrogen (secondary N) is 1. The van der Waals surface area contributed by atoms with Crippen LogP contribution in [0.4, 0.5) is 10.5 Å². The molecule has 1 saturated heterocycles. The van der Waals surface area contributed by atoms with Crippen LogP contribution in [0.5, 0.6) is 5.75 Å². The van der Waals surface area contributed by atoms with Gasteiger partial charge in [-0.25, -0.2) is 4.79 Å². The maximum Gasteiger partial charge on any atom is 0.410 e. The van der Waals surface area contributed by atoms with E-state index in [1.54, 1.807) is 23.1 Å². The lowest BCUT2D eigenvalue weighted by Gasteiger charge is -2.13. The van der Waals surface area contributed by atoms with Crippen molar-refractivity contribution in [3.8, 4) is 5.75 Å². The zero-order chi connectivity index (χ0) is 16.8. The quantitative estimate of drug-likeness (QED) is 0.886. The predicted octanol–water partition coefficient (Wildman–Crippen LogP) is 2.66. The molecular formula is C18H18N2O4. The summed E-state index contributed by atoms with van der Waals surface area (Å²) < 4.78 is 10.3. The summed E-state index contributed by atoms with van der Waals surface area (Å²) in [5.41, 5.74) is 1.59. The van der Waals surface area contributed by atoms with Gasteiger partial charge in [-0.2, -0.15) is 0 Å². The molecule has 0 unspecified atom stereocenters. The van der Waals surface area contributed by atoms with E-state index in [0.717, 1.165) is 5.56 Å². The lowest BCUT2D eigenvalue weighted by atomic mass is 10.2. The number of hydrogen-bond acceptors (Lipinski definition) is 4. The van der Waals surface area contributed by atoms with Gasteiger partial charge in [0.15, 0.2) is 6.61 Å². The molecule has 0 radical (unpaired) electrons. The van der Waals surface area contributed by atoms with Crippen LogP contribution < -0.4 is 10.1 Å². The van der Waals surface area contributed by atoms with Gasteiger partial charge in [0.2, 0.25) is 0 Å². The molecule has 0 aliphatic carbocycles. The van der Waals surface area contributed by atoms with Gasteiger partial charge in [0.1, 0.15) is 12.4 Å². The number of benzene rings is 2. The highest BCUT2D eigenvalue weighted by molar-refractivity contribution is 5.91. The average molecular weight is 326 g/mol. The molecule has 1 aliphatic rings. The molecule has 0 atom stereocenters. The number of cyclic esters (lactones) is 1. The van der Waals surface area contributed by atoms with E-state index in [1.165, 1.54) is 0 Å². The lowest BCUT2D eigenvalue weighted by molar-refractivity contribution is -0.118. The summed E-state index contributed by atoms with van der Waals surface area (Å²) in [5, 5.41) is 2.79. The van der Waals surface area contributed by atoms with Crippen molar-refractivity contribution in [2.45, 2.75) is 6.54 Å². The van der Waals surface area contributed by atoms with Gasteiger partial charge in [0.25, 0.3) is 5.91 Å². The Morgan fingerprint density at radius 1 is 1.17 bits per heavy atom. The van der Waals surface area contributed by atoms with Gasteiger partial charge in [-0.15, -0.1) is 0 Å². The Bertz CT molecular complexity index is 718. The Balaban J connectivity index is 1.54.